The monoisotopic (exact) mass is 352 g/mol. The fourth-order valence-electron chi connectivity index (χ4n) is 3.03. The number of piperidine rings is 1. The molecule has 2 rings (SSSR count). The predicted molar refractivity (Wildman–Crippen MR) is 89.5 cm³/mol. The minimum Gasteiger partial charge on any atom is -0.494 e. The molecular weight excluding hydrogens is 332 g/mol. The number of methoxy groups -OCH3 is 1. The van der Waals surface area contributed by atoms with E-state index in [2.05, 4.69) is 16.0 Å². The van der Waals surface area contributed by atoms with Gasteiger partial charge in [-0.3, -0.25) is 14.9 Å². The lowest BCUT2D eigenvalue weighted by molar-refractivity contribution is -0.384. The lowest BCUT2D eigenvalue weighted by Gasteiger charge is -2.36. The second kappa shape index (κ2) is 7.34. The molecule has 0 aromatic heterocycles. The number of ether oxygens (including phenoxy) is 1. The lowest BCUT2D eigenvalue weighted by atomic mass is 9.82. The van der Waals surface area contributed by atoms with Crippen LogP contribution < -0.4 is 20.7 Å². The third-order valence-corrected chi connectivity index (χ3v) is 4.17. The largest absolute Gasteiger partial charge is 0.494 e. The van der Waals surface area contributed by atoms with Crippen LogP contribution in [-0.4, -0.2) is 54.7 Å². The molecule has 1 aliphatic heterocycles. The summed E-state index contributed by atoms with van der Waals surface area (Å²) in [5.74, 6) is -0.402. The van der Waals surface area contributed by atoms with Crippen molar-refractivity contribution in [2.24, 2.45) is 0 Å². The Bertz CT molecular complexity index is 700. The molecule has 0 spiro atoms. The topological polar surface area (TPSA) is 143 Å². The van der Waals surface area contributed by atoms with Gasteiger partial charge in [-0.1, -0.05) is 0 Å². The summed E-state index contributed by atoms with van der Waals surface area (Å²) in [5.41, 5.74) is -1.53. The fourth-order valence-corrected chi connectivity index (χ4v) is 3.03. The Morgan fingerprint density at radius 3 is 2.64 bits per heavy atom. The molecule has 0 radical (unpaired) electrons. The van der Waals surface area contributed by atoms with Crippen molar-refractivity contribution < 1.29 is 24.4 Å². The average molecular weight is 352 g/mol. The molecule has 1 aromatic carbocycles. The smallest absolute Gasteiger partial charge is 0.405 e. The Hall–Kier alpha value is -2.88. The number of carbonyl (C=O) groups is 2. The van der Waals surface area contributed by atoms with E-state index in [1.54, 1.807) is 0 Å². The summed E-state index contributed by atoms with van der Waals surface area (Å²) in [4.78, 5) is 34.9. The summed E-state index contributed by atoms with van der Waals surface area (Å²) in [6.45, 7) is 0.778. The molecule has 0 bridgehead atoms. The third-order valence-electron chi connectivity index (χ3n) is 4.17. The molecule has 0 saturated carbocycles. The highest BCUT2D eigenvalue weighted by Crippen LogP contribution is 2.37. The molecule has 136 valence electrons. The number of nitrogens with one attached hydrogen (secondary N) is 3. The quantitative estimate of drug-likeness (QED) is 0.340. The number of hydrogen-bond donors (Lipinski definition) is 4. The molecule has 4 N–H and O–H groups in total. The summed E-state index contributed by atoms with van der Waals surface area (Å²) < 4.78 is 5.15. The van der Waals surface area contributed by atoms with Crippen molar-refractivity contribution >= 4 is 23.3 Å². The number of amides is 1. The molecule has 1 aromatic rings. The normalized spacial score (nSPS) is 19.8. The lowest BCUT2D eigenvalue weighted by Crippen LogP contribution is -2.62. The van der Waals surface area contributed by atoms with E-state index in [9.17, 15) is 19.7 Å². The van der Waals surface area contributed by atoms with E-state index in [1.807, 2.05) is 0 Å². The first kappa shape index (κ1) is 18.5. The third kappa shape index (κ3) is 3.63. The minimum atomic E-state index is -1.37. The zero-order valence-corrected chi connectivity index (χ0v) is 13.9. The van der Waals surface area contributed by atoms with Crippen LogP contribution in [0, 0.1) is 10.1 Å². The van der Waals surface area contributed by atoms with Crippen LogP contribution in [0.5, 0.6) is 5.75 Å². The summed E-state index contributed by atoms with van der Waals surface area (Å²) >= 11 is 0. The van der Waals surface area contributed by atoms with Crippen LogP contribution in [0.3, 0.4) is 0 Å². The highest BCUT2D eigenvalue weighted by atomic mass is 16.6. The van der Waals surface area contributed by atoms with Gasteiger partial charge in [-0.15, -0.1) is 0 Å². The van der Waals surface area contributed by atoms with E-state index < -0.39 is 22.3 Å². The highest BCUT2D eigenvalue weighted by Gasteiger charge is 2.42. The van der Waals surface area contributed by atoms with E-state index >= 15 is 0 Å². The maximum Gasteiger partial charge on any atom is 0.405 e. The molecule has 1 atom stereocenters. The van der Waals surface area contributed by atoms with E-state index in [0.717, 1.165) is 6.07 Å². The van der Waals surface area contributed by atoms with Crippen molar-refractivity contribution in [2.45, 2.75) is 18.4 Å². The van der Waals surface area contributed by atoms with Gasteiger partial charge in [0.25, 0.3) is 5.69 Å². The van der Waals surface area contributed by atoms with Gasteiger partial charge in [0.15, 0.2) is 11.5 Å². The van der Waals surface area contributed by atoms with E-state index in [0.29, 0.717) is 19.4 Å². The first-order chi connectivity index (χ1) is 11.8. The Morgan fingerprint density at radius 2 is 2.16 bits per heavy atom. The molecule has 0 aliphatic carbocycles. The minimum absolute atomic E-state index is 0.0139. The molecule has 25 heavy (non-hydrogen) atoms. The van der Waals surface area contributed by atoms with Crippen molar-refractivity contribution in [1.82, 2.24) is 10.6 Å². The van der Waals surface area contributed by atoms with Gasteiger partial charge in [-0.25, -0.2) is 4.79 Å². The van der Waals surface area contributed by atoms with Crippen LogP contribution in [0.15, 0.2) is 12.1 Å². The molecule has 1 amide bonds. The van der Waals surface area contributed by atoms with Gasteiger partial charge in [-0.2, -0.15) is 0 Å². The maximum absolute atomic E-state index is 13.0. The number of nitro groups is 1. The number of rotatable bonds is 6. The van der Waals surface area contributed by atoms with Crippen molar-refractivity contribution in [3.63, 3.8) is 0 Å². The van der Waals surface area contributed by atoms with Gasteiger partial charge in [0.05, 0.1) is 12.0 Å². The van der Waals surface area contributed by atoms with E-state index in [-0.39, 0.29) is 29.2 Å². The second-order valence-corrected chi connectivity index (χ2v) is 5.70. The number of nitro benzene ring substituents is 1. The number of carboxylic acid groups (broad SMARTS) is 1. The number of anilines is 1. The molecule has 1 fully saturated rings. The Labute approximate surface area is 143 Å². The van der Waals surface area contributed by atoms with Crippen LogP contribution in [0.25, 0.3) is 0 Å². The number of hydrogen-bond acceptors (Lipinski definition) is 7. The van der Waals surface area contributed by atoms with Gasteiger partial charge in [0.1, 0.15) is 11.3 Å². The summed E-state index contributed by atoms with van der Waals surface area (Å²) in [6.07, 6.45) is -0.431. The van der Waals surface area contributed by atoms with Gasteiger partial charge >= 0.3 is 6.09 Å². The molecule has 10 nitrogen and oxygen atoms in total. The fraction of sp³-hybridized carbons (Fsp3) is 0.467. The molecular formula is C15H20N4O6. The molecule has 1 heterocycles. The molecule has 1 aliphatic rings. The van der Waals surface area contributed by atoms with Crippen molar-refractivity contribution in [2.75, 3.05) is 32.6 Å². The molecule has 1 saturated heterocycles. The van der Waals surface area contributed by atoms with E-state index in [1.165, 1.54) is 20.2 Å². The summed E-state index contributed by atoms with van der Waals surface area (Å²) in [7, 11) is 2.84. The van der Waals surface area contributed by atoms with Crippen molar-refractivity contribution in [1.29, 1.82) is 0 Å². The summed E-state index contributed by atoms with van der Waals surface area (Å²) in [6, 6.07) is 2.51. The van der Waals surface area contributed by atoms with Crippen LogP contribution in [0.2, 0.25) is 0 Å². The molecule has 10 heteroatoms. The first-order valence-electron chi connectivity index (χ1n) is 7.65. The van der Waals surface area contributed by atoms with Gasteiger partial charge in [-0.05, 0) is 25.5 Å². The van der Waals surface area contributed by atoms with Gasteiger partial charge in [0, 0.05) is 25.2 Å². The first-order valence-corrected chi connectivity index (χ1v) is 7.65. The molecule has 1 unspecified atom stereocenters. The number of carbonyl (C=O) groups excluding carboxylic acids is 1. The standard InChI is InChI=1S/C15H20N4O6/c1-16-12-10(19(23)24)6-9(7-11(12)25-2)13(20)15(18-14(21)22)4-3-5-17-8-15/h6-7,16-18H,3-5,8H2,1-2H3,(H,21,22). The summed E-state index contributed by atoms with van der Waals surface area (Å²) in [5, 5.41) is 28.4. The SMILES string of the molecule is CNc1c(OC)cc(C(=O)C2(NC(=O)O)CCCNC2)cc1[N+](=O)[O-]. The maximum atomic E-state index is 13.0. The Balaban J connectivity index is 2.54. The zero-order chi connectivity index (χ0) is 18.6. The van der Waals surface area contributed by atoms with Crippen LogP contribution >= 0.6 is 0 Å². The van der Waals surface area contributed by atoms with Crippen LogP contribution in [-0.2, 0) is 0 Å². The number of benzene rings is 1. The Morgan fingerprint density at radius 1 is 1.44 bits per heavy atom. The van der Waals surface area contributed by atoms with Crippen molar-refractivity contribution in [3.05, 3.63) is 27.8 Å². The number of ketones is 1. The zero-order valence-electron chi connectivity index (χ0n) is 13.9. The van der Waals surface area contributed by atoms with E-state index in [4.69, 9.17) is 9.84 Å². The average Bonchev–Trinajstić information content (AvgIpc) is 2.59. The number of Topliss-reactive ketones (excluding diaryl/α,β-unsaturated/α-hetero) is 1. The van der Waals surface area contributed by atoms with Gasteiger partial charge in [0.2, 0.25) is 0 Å². The highest BCUT2D eigenvalue weighted by molar-refractivity contribution is 6.06. The predicted octanol–water partition coefficient (Wildman–Crippen LogP) is 1.22. The van der Waals surface area contributed by atoms with Crippen molar-refractivity contribution in [3.8, 4) is 5.75 Å². The second-order valence-electron chi connectivity index (χ2n) is 5.70. The Kier molecular flexibility index (Phi) is 5.42. The van der Waals surface area contributed by atoms with Crippen LogP contribution in [0.4, 0.5) is 16.2 Å². The van der Waals surface area contributed by atoms with Gasteiger partial charge < -0.3 is 25.8 Å². The van der Waals surface area contributed by atoms with Crippen LogP contribution in [0.1, 0.15) is 23.2 Å². The number of nitrogens with zero attached hydrogens (tertiary/aromatic N) is 1.